The van der Waals surface area contributed by atoms with Crippen LogP contribution in [0.4, 0.5) is 0 Å². The minimum absolute atomic E-state index is 0.0530. The summed E-state index contributed by atoms with van der Waals surface area (Å²) in [7, 11) is 0. The smallest absolute Gasteiger partial charge is 0.241 e. The number of hydrogen-bond acceptors (Lipinski definition) is 4. The van der Waals surface area contributed by atoms with E-state index in [0.29, 0.717) is 18.4 Å². The number of nitrogens with one attached hydrogen (secondary N) is 1. The normalized spacial score (nSPS) is 23.8. The number of rotatable bonds is 5. The Labute approximate surface area is 106 Å². The van der Waals surface area contributed by atoms with Crippen molar-refractivity contribution < 1.29 is 9.90 Å². The summed E-state index contributed by atoms with van der Waals surface area (Å²) in [5.41, 5.74) is 0. The molecule has 1 aliphatic rings. The van der Waals surface area contributed by atoms with Crippen LogP contribution in [0.1, 0.15) is 25.7 Å². The van der Waals surface area contributed by atoms with E-state index in [2.05, 4.69) is 15.6 Å². The molecule has 1 saturated carbocycles. The largest absolute Gasteiger partial charge is 0.396 e. The average molecular weight is 252 g/mol. The van der Waals surface area contributed by atoms with Gasteiger partial charge in [0.15, 0.2) is 0 Å². The van der Waals surface area contributed by atoms with Crippen LogP contribution in [0.3, 0.4) is 0 Å². The summed E-state index contributed by atoms with van der Waals surface area (Å²) in [5.74, 6) is 0.691. The Morgan fingerprint density at radius 2 is 2.17 bits per heavy atom. The van der Waals surface area contributed by atoms with Gasteiger partial charge in [0.25, 0.3) is 0 Å². The molecule has 0 radical (unpaired) electrons. The topological polar surface area (TPSA) is 80.0 Å². The van der Waals surface area contributed by atoms with Crippen molar-refractivity contribution in [3.8, 4) is 0 Å². The second kappa shape index (κ2) is 6.49. The molecule has 2 N–H and O–H groups in total. The molecule has 0 saturated heterocycles. The monoisotopic (exact) mass is 252 g/mol. The molecule has 2 unspecified atom stereocenters. The SMILES string of the molecule is O=C(Cn1ccnn1)NCC1CCCCC1CO. The fourth-order valence-corrected chi connectivity index (χ4v) is 2.56. The van der Waals surface area contributed by atoms with Gasteiger partial charge in [0, 0.05) is 19.3 Å². The molecular formula is C12H20N4O2. The fraction of sp³-hybridized carbons (Fsp3) is 0.750. The minimum Gasteiger partial charge on any atom is -0.396 e. The Kier molecular flexibility index (Phi) is 4.69. The van der Waals surface area contributed by atoms with E-state index in [-0.39, 0.29) is 19.1 Å². The Bertz CT molecular complexity index is 366. The molecule has 2 atom stereocenters. The Balaban J connectivity index is 1.74. The summed E-state index contributed by atoms with van der Waals surface area (Å²) in [6.45, 7) is 1.08. The van der Waals surface area contributed by atoms with Crippen molar-refractivity contribution in [3.63, 3.8) is 0 Å². The molecule has 18 heavy (non-hydrogen) atoms. The number of hydrogen-bond donors (Lipinski definition) is 2. The third kappa shape index (κ3) is 3.53. The lowest BCUT2D eigenvalue weighted by atomic mass is 9.79. The zero-order chi connectivity index (χ0) is 12.8. The zero-order valence-electron chi connectivity index (χ0n) is 10.5. The first-order valence-corrected chi connectivity index (χ1v) is 6.51. The summed E-state index contributed by atoms with van der Waals surface area (Å²) in [6, 6.07) is 0. The second-order valence-electron chi connectivity index (χ2n) is 4.89. The van der Waals surface area contributed by atoms with Gasteiger partial charge in [-0.05, 0) is 24.7 Å². The minimum atomic E-state index is -0.0530. The van der Waals surface area contributed by atoms with Crippen molar-refractivity contribution in [1.29, 1.82) is 0 Å². The van der Waals surface area contributed by atoms with Gasteiger partial charge in [-0.1, -0.05) is 18.1 Å². The molecule has 2 rings (SSSR count). The average Bonchev–Trinajstić information content (AvgIpc) is 2.89. The standard InChI is InChI=1S/C12H20N4O2/c17-9-11-4-2-1-3-10(11)7-13-12(18)8-16-6-5-14-15-16/h5-6,10-11,17H,1-4,7-9H2,(H,13,18). The third-order valence-electron chi connectivity index (χ3n) is 3.64. The predicted molar refractivity (Wildman–Crippen MR) is 65.6 cm³/mol. The first-order chi connectivity index (χ1) is 8.79. The number of aliphatic hydroxyl groups is 1. The molecule has 1 aliphatic carbocycles. The van der Waals surface area contributed by atoms with Gasteiger partial charge < -0.3 is 10.4 Å². The Morgan fingerprint density at radius 1 is 1.39 bits per heavy atom. The van der Waals surface area contributed by atoms with Gasteiger partial charge in [-0.25, -0.2) is 4.68 Å². The van der Waals surface area contributed by atoms with Gasteiger partial charge in [0.05, 0.1) is 6.20 Å². The maximum Gasteiger partial charge on any atom is 0.241 e. The quantitative estimate of drug-likeness (QED) is 0.784. The fourth-order valence-electron chi connectivity index (χ4n) is 2.56. The first-order valence-electron chi connectivity index (χ1n) is 6.51. The number of carbonyl (C=O) groups excluding carboxylic acids is 1. The molecule has 0 aromatic carbocycles. The van der Waals surface area contributed by atoms with E-state index in [9.17, 15) is 9.90 Å². The zero-order valence-corrected chi connectivity index (χ0v) is 10.5. The van der Waals surface area contributed by atoms with Crippen molar-refractivity contribution in [3.05, 3.63) is 12.4 Å². The van der Waals surface area contributed by atoms with Crippen LogP contribution in [0.15, 0.2) is 12.4 Å². The van der Waals surface area contributed by atoms with E-state index in [1.807, 2.05) is 0 Å². The maximum atomic E-state index is 11.7. The van der Waals surface area contributed by atoms with E-state index in [4.69, 9.17) is 0 Å². The van der Waals surface area contributed by atoms with Gasteiger partial charge in [-0.3, -0.25) is 4.79 Å². The number of nitrogens with zero attached hydrogens (tertiary/aromatic N) is 3. The summed E-state index contributed by atoms with van der Waals surface area (Å²) >= 11 is 0. The Morgan fingerprint density at radius 3 is 2.83 bits per heavy atom. The van der Waals surface area contributed by atoms with E-state index >= 15 is 0 Å². The van der Waals surface area contributed by atoms with Crippen LogP contribution < -0.4 is 5.32 Å². The molecule has 1 fully saturated rings. The van der Waals surface area contributed by atoms with Crippen LogP contribution in [-0.2, 0) is 11.3 Å². The van der Waals surface area contributed by atoms with Gasteiger partial charge in [-0.15, -0.1) is 5.10 Å². The second-order valence-corrected chi connectivity index (χ2v) is 4.89. The lowest BCUT2D eigenvalue weighted by Crippen LogP contribution is -2.37. The highest BCUT2D eigenvalue weighted by Crippen LogP contribution is 2.28. The summed E-state index contributed by atoms with van der Waals surface area (Å²) in [6.07, 6.45) is 7.76. The molecule has 6 heteroatoms. The van der Waals surface area contributed by atoms with Crippen molar-refractivity contribution >= 4 is 5.91 Å². The molecule has 6 nitrogen and oxygen atoms in total. The van der Waals surface area contributed by atoms with Gasteiger partial charge in [-0.2, -0.15) is 0 Å². The number of aromatic nitrogens is 3. The third-order valence-corrected chi connectivity index (χ3v) is 3.64. The molecule has 0 aliphatic heterocycles. The van der Waals surface area contributed by atoms with E-state index in [0.717, 1.165) is 12.8 Å². The van der Waals surface area contributed by atoms with Crippen LogP contribution in [0.2, 0.25) is 0 Å². The summed E-state index contributed by atoms with van der Waals surface area (Å²) in [5, 5.41) is 19.6. The van der Waals surface area contributed by atoms with Crippen LogP contribution in [0.5, 0.6) is 0 Å². The molecule has 1 aromatic rings. The van der Waals surface area contributed by atoms with Crippen molar-refractivity contribution in [2.75, 3.05) is 13.2 Å². The van der Waals surface area contributed by atoms with Gasteiger partial charge in [0.2, 0.25) is 5.91 Å². The van der Waals surface area contributed by atoms with Crippen molar-refractivity contribution in [1.82, 2.24) is 20.3 Å². The molecule has 1 amide bonds. The van der Waals surface area contributed by atoms with E-state index < -0.39 is 0 Å². The van der Waals surface area contributed by atoms with Gasteiger partial charge in [0.1, 0.15) is 6.54 Å². The van der Waals surface area contributed by atoms with Crippen LogP contribution in [-0.4, -0.2) is 39.2 Å². The van der Waals surface area contributed by atoms with Crippen LogP contribution in [0, 0.1) is 11.8 Å². The highest BCUT2D eigenvalue weighted by Gasteiger charge is 2.24. The number of amides is 1. The first kappa shape index (κ1) is 13.0. The molecule has 100 valence electrons. The van der Waals surface area contributed by atoms with Crippen LogP contribution in [0.25, 0.3) is 0 Å². The lowest BCUT2D eigenvalue weighted by molar-refractivity contribution is -0.122. The molecule has 1 heterocycles. The lowest BCUT2D eigenvalue weighted by Gasteiger charge is -2.30. The molecule has 1 aromatic heterocycles. The van der Waals surface area contributed by atoms with Gasteiger partial charge >= 0.3 is 0 Å². The van der Waals surface area contributed by atoms with E-state index in [1.54, 1.807) is 12.4 Å². The molecule has 0 bridgehead atoms. The summed E-state index contributed by atoms with van der Waals surface area (Å²) in [4.78, 5) is 11.7. The molecular weight excluding hydrogens is 232 g/mol. The highest BCUT2D eigenvalue weighted by atomic mass is 16.3. The van der Waals surface area contributed by atoms with Crippen molar-refractivity contribution in [2.24, 2.45) is 11.8 Å². The Hall–Kier alpha value is -1.43. The predicted octanol–water partition coefficient (Wildman–Crippen LogP) is 0.193. The molecule has 0 spiro atoms. The van der Waals surface area contributed by atoms with Crippen LogP contribution >= 0.6 is 0 Å². The maximum absolute atomic E-state index is 11.7. The van der Waals surface area contributed by atoms with Crippen molar-refractivity contribution in [2.45, 2.75) is 32.2 Å². The summed E-state index contributed by atoms with van der Waals surface area (Å²) < 4.78 is 1.50. The van der Waals surface area contributed by atoms with E-state index in [1.165, 1.54) is 17.5 Å². The number of carbonyl (C=O) groups is 1. The highest BCUT2D eigenvalue weighted by molar-refractivity contribution is 5.75. The number of aliphatic hydroxyl groups excluding tert-OH is 1.